The minimum Gasteiger partial charge on any atom is -0.467 e. The zero-order valence-corrected chi connectivity index (χ0v) is 19.3. The molecule has 4 rings (SSSR count). The van der Waals surface area contributed by atoms with Gasteiger partial charge in [0.1, 0.15) is 10.6 Å². The molecule has 160 valence electrons. The van der Waals surface area contributed by atoms with Gasteiger partial charge in [-0.05, 0) is 37.1 Å². The summed E-state index contributed by atoms with van der Waals surface area (Å²) in [7, 11) is 1.74. The molecule has 1 aromatic carbocycles. The molecule has 0 saturated heterocycles. The van der Waals surface area contributed by atoms with E-state index in [4.69, 9.17) is 9.40 Å². The Morgan fingerprint density at radius 1 is 1.23 bits per heavy atom. The summed E-state index contributed by atoms with van der Waals surface area (Å²) in [5, 5.41) is 1.23. The molecule has 0 fully saturated rings. The highest BCUT2D eigenvalue weighted by molar-refractivity contribution is 7.99. The summed E-state index contributed by atoms with van der Waals surface area (Å²) < 4.78 is 6.96. The van der Waals surface area contributed by atoms with Crippen molar-refractivity contribution in [2.45, 2.75) is 32.1 Å². The Morgan fingerprint density at radius 3 is 2.68 bits per heavy atom. The van der Waals surface area contributed by atoms with Crippen LogP contribution < -0.4 is 5.56 Å². The molecule has 0 saturated carbocycles. The maximum absolute atomic E-state index is 13.2. The third-order valence-corrected chi connectivity index (χ3v) is 7.29. The van der Waals surface area contributed by atoms with Crippen LogP contribution in [0.5, 0.6) is 0 Å². The summed E-state index contributed by atoms with van der Waals surface area (Å²) in [5.41, 5.74) is 1.98. The number of aryl methyl sites for hydroxylation is 1. The molecule has 0 spiro atoms. The van der Waals surface area contributed by atoms with E-state index in [0.717, 1.165) is 21.8 Å². The number of carbonyl (C=O) groups is 1. The second-order valence-corrected chi connectivity index (χ2v) is 9.11. The zero-order chi connectivity index (χ0) is 22.0. The number of furan rings is 1. The van der Waals surface area contributed by atoms with Crippen LogP contribution in [0.15, 0.2) is 63.1 Å². The van der Waals surface area contributed by atoms with E-state index in [1.54, 1.807) is 28.8 Å². The van der Waals surface area contributed by atoms with Gasteiger partial charge in [0.2, 0.25) is 5.91 Å². The maximum Gasteiger partial charge on any atom is 0.263 e. The molecule has 0 atom stereocenters. The molecule has 3 heterocycles. The van der Waals surface area contributed by atoms with Gasteiger partial charge >= 0.3 is 0 Å². The quantitative estimate of drug-likeness (QED) is 0.297. The molecule has 3 aromatic heterocycles. The van der Waals surface area contributed by atoms with Crippen molar-refractivity contribution in [2.24, 2.45) is 0 Å². The average molecular weight is 454 g/mol. The van der Waals surface area contributed by atoms with Gasteiger partial charge in [-0.1, -0.05) is 42.1 Å². The van der Waals surface area contributed by atoms with E-state index >= 15 is 0 Å². The molecule has 0 bridgehead atoms. The number of fused-ring (bicyclic) bond motifs is 1. The Labute approximate surface area is 188 Å². The fourth-order valence-corrected chi connectivity index (χ4v) is 5.64. The minimum absolute atomic E-state index is 0.0502. The Bertz CT molecular complexity index is 1260. The fourth-order valence-electron chi connectivity index (χ4n) is 3.41. The molecule has 8 heteroatoms. The van der Waals surface area contributed by atoms with Gasteiger partial charge in [-0.25, -0.2) is 4.98 Å². The molecule has 6 nitrogen and oxygen atoms in total. The van der Waals surface area contributed by atoms with E-state index in [0.29, 0.717) is 28.5 Å². The van der Waals surface area contributed by atoms with E-state index in [9.17, 15) is 9.59 Å². The zero-order valence-electron chi connectivity index (χ0n) is 17.6. The van der Waals surface area contributed by atoms with E-state index in [-0.39, 0.29) is 17.2 Å². The van der Waals surface area contributed by atoms with Crippen molar-refractivity contribution in [2.75, 3.05) is 12.8 Å². The van der Waals surface area contributed by atoms with Gasteiger partial charge in [0.25, 0.3) is 5.56 Å². The number of aromatic nitrogens is 2. The van der Waals surface area contributed by atoms with E-state index in [1.807, 2.05) is 50.2 Å². The molecule has 4 aromatic rings. The van der Waals surface area contributed by atoms with Crippen molar-refractivity contribution in [1.82, 2.24) is 14.5 Å². The minimum atomic E-state index is -0.0534. The number of nitrogens with zero attached hydrogens (tertiary/aromatic N) is 3. The van der Waals surface area contributed by atoms with Crippen LogP contribution in [0, 0.1) is 6.92 Å². The Hall–Kier alpha value is -2.84. The lowest BCUT2D eigenvalue weighted by Crippen LogP contribution is -2.28. The Balaban J connectivity index is 1.62. The van der Waals surface area contributed by atoms with Gasteiger partial charge in [-0.3, -0.25) is 14.2 Å². The lowest BCUT2D eigenvalue weighted by atomic mass is 10.1. The summed E-state index contributed by atoms with van der Waals surface area (Å²) in [5.74, 6) is 0.879. The number of hydrogen-bond acceptors (Lipinski definition) is 6. The Kier molecular flexibility index (Phi) is 6.29. The molecule has 0 radical (unpaired) electrons. The van der Waals surface area contributed by atoms with Crippen LogP contribution in [0.25, 0.3) is 20.7 Å². The smallest absolute Gasteiger partial charge is 0.263 e. The van der Waals surface area contributed by atoms with Crippen LogP contribution in [0.2, 0.25) is 0 Å². The molecule has 31 heavy (non-hydrogen) atoms. The van der Waals surface area contributed by atoms with Gasteiger partial charge in [0, 0.05) is 18.5 Å². The lowest BCUT2D eigenvalue weighted by molar-refractivity contribution is -0.127. The van der Waals surface area contributed by atoms with Crippen LogP contribution in [-0.2, 0) is 17.9 Å². The summed E-state index contributed by atoms with van der Waals surface area (Å²) in [6.45, 7) is 4.80. The van der Waals surface area contributed by atoms with Crippen molar-refractivity contribution in [3.05, 3.63) is 70.4 Å². The molecule has 0 aliphatic rings. The highest BCUT2D eigenvalue weighted by Gasteiger charge is 2.20. The number of thioether (sulfide) groups is 1. The number of benzene rings is 1. The largest absolute Gasteiger partial charge is 0.467 e. The van der Waals surface area contributed by atoms with Crippen molar-refractivity contribution < 1.29 is 9.21 Å². The van der Waals surface area contributed by atoms with E-state index < -0.39 is 0 Å². The van der Waals surface area contributed by atoms with E-state index in [2.05, 4.69) is 0 Å². The van der Waals surface area contributed by atoms with Crippen LogP contribution in [0.3, 0.4) is 0 Å². The van der Waals surface area contributed by atoms with Crippen LogP contribution in [0.4, 0.5) is 0 Å². The predicted octanol–water partition coefficient (Wildman–Crippen LogP) is 4.80. The van der Waals surface area contributed by atoms with Gasteiger partial charge in [0.05, 0.1) is 23.9 Å². The van der Waals surface area contributed by atoms with Crippen LogP contribution in [0.1, 0.15) is 18.2 Å². The number of amides is 1. The molecule has 0 unspecified atom stereocenters. The topological polar surface area (TPSA) is 68.3 Å². The highest BCUT2D eigenvalue weighted by atomic mass is 32.2. The van der Waals surface area contributed by atoms with Crippen molar-refractivity contribution >= 4 is 39.2 Å². The normalized spacial score (nSPS) is 11.2. The summed E-state index contributed by atoms with van der Waals surface area (Å²) in [4.78, 5) is 34.0. The van der Waals surface area contributed by atoms with Gasteiger partial charge in [-0.15, -0.1) is 11.3 Å². The SMILES string of the molecule is CCn1c(SCC(=O)N(C)Cc2ccco2)nc2sc(-c3ccccc3)c(C)c2c1=O. The molecule has 0 aliphatic carbocycles. The second-order valence-electron chi connectivity index (χ2n) is 7.16. The molecule has 0 N–H and O–H groups in total. The number of carbonyl (C=O) groups excluding carboxylic acids is 1. The first-order valence-electron chi connectivity index (χ1n) is 9.98. The van der Waals surface area contributed by atoms with Crippen LogP contribution in [-0.4, -0.2) is 33.2 Å². The van der Waals surface area contributed by atoms with Crippen LogP contribution >= 0.6 is 23.1 Å². The summed E-state index contributed by atoms with van der Waals surface area (Å²) in [6.07, 6.45) is 1.59. The first-order chi connectivity index (χ1) is 15.0. The Morgan fingerprint density at radius 2 is 2.00 bits per heavy atom. The van der Waals surface area contributed by atoms with Crippen molar-refractivity contribution in [1.29, 1.82) is 0 Å². The summed E-state index contributed by atoms with van der Waals surface area (Å²) >= 11 is 2.82. The lowest BCUT2D eigenvalue weighted by Gasteiger charge is -2.16. The highest BCUT2D eigenvalue weighted by Crippen LogP contribution is 2.36. The fraction of sp³-hybridized carbons (Fsp3) is 0.261. The van der Waals surface area contributed by atoms with Gasteiger partial charge in [0.15, 0.2) is 5.16 Å². The van der Waals surface area contributed by atoms with Gasteiger partial charge in [-0.2, -0.15) is 0 Å². The molecule has 0 aliphatic heterocycles. The molecular weight excluding hydrogens is 430 g/mol. The third-order valence-electron chi connectivity index (χ3n) is 5.09. The molecule has 1 amide bonds. The summed E-state index contributed by atoms with van der Waals surface area (Å²) in [6, 6.07) is 13.7. The predicted molar refractivity (Wildman–Crippen MR) is 126 cm³/mol. The first-order valence-corrected chi connectivity index (χ1v) is 11.8. The van der Waals surface area contributed by atoms with E-state index in [1.165, 1.54) is 23.1 Å². The van der Waals surface area contributed by atoms with Crippen molar-refractivity contribution in [3.63, 3.8) is 0 Å². The average Bonchev–Trinajstić information content (AvgIpc) is 3.40. The third kappa shape index (κ3) is 4.31. The first kappa shape index (κ1) is 21.4. The van der Waals surface area contributed by atoms with Crippen molar-refractivity contribution in [3.8, 4) is 10.4 Å². The van der Waals surface area contributed by atoms with Gasteiger partial charge < -0.3 is 9.32 Å². The number of thiophene rings is 1. The second kappa shape index (κ2) is 9.11. The number of rotatable bonds is 7. The standard InChI is InChI=1S/C23H23N3O3S2/c1-4-26-22(28)19-15(2)20(16-9-6-5-7-10-16)31-21(19)24-23(26)30-14-18(27)25(3)13-17-11-8-12-29-17/h5-12H,4,13-14H2,1-3H3. The maximum atomic E-state index is 13.2. The monoisotopic (exact) mass is 453 g/mol. The number of hydrogen-bond donors (Lipinski definition) is 0. The molecular formula is C23H23N3O3S2.